The third-order valence-corrected chi connectivity index (χ3v) is 4.59. The topological polar surface area (TPSA) is 55.1 Å². The van der Waals surface area contributed by atoms with Crippen LogP contribution in [0.3, 0.4) is 0 Å². The molecule has 1 aromatic carbocycles. The Morgan fingerprint density at radius 3 is 2.60 bits per heavy atom. The van der Waals surface area contributed by atoms with Crippen molar-refractivity contribution in [3.8, 4) is 0 Å². The molecule has 1 saturated carbocycles. The van der Waals surface area contributed by atoms with Gasteiger partial charge in [-0.25, -0.2) is 13.2 Å². The van der Waals surface area contributed by atoms with Gasteiger partial charge >= 0.3 is 0 Å². The predicted molar refractivity (Wildman–Crippen MR) is 84.9 cm³/mol. The number of alkyl halides is 2. The predicted octanol–water partition coefficient (Wildman–Crippen LogP) is 3.33. The fraction of sp³-hybridized carbons (Fsp3) is 0.312. The highest BCUT2D eigenvalue weighted by molar-refractivity contribution is 6.29. The van der Waals surface area contributed by atoms with Crippen LogP contribution in [0.2, 0.25) is 5.15 Å². The molecule has 9 heteroatoms. The normalized spacial score (nSPS) is 18.2. The molecule has 0 spiro atoms. The molecular formula is C16H13ClF3N5. The van der Waals surface area contributed by atoms with Crippen LogP contribution in [0.15, 0.2) is 36.4 Å². The maximum atomic E-state index is 14.2. The molecule has 2 heterocycles. The van der Waals surface area contributed by atoms with Crippen molar-refractivity contribution >= 4 is 17.2 Å². The zero-order chi connectivity index (χ0) is 17.7. The number of hydrogen-bond acceptors (Lipinski definition) is 4. The van der Waals surface area contributed by atoms with Crippen LogP contribution in [-0.2, 0) is 12.1 Å². The molecule has 5 nitrogen and oxygen atoms in total. The second-order valence-corrected chi connectivity index (χ2v) is 6.55. The molecule has 2 aromatic heterocycles. The van der Waals surface area contributed by atoms with Crippen LogP contribution in [0.5, 0.6) is 0 Å². The van der Waals surface area contributed by atoms with E-state index in [4.69, 9.17) is 11.6 Å². The first-order valence-corrected chi connectivity index (χ1v) is 8.01. The first kappa shape index (κ1) is 16.3. The summed E-state index contributed by atoms with van der Waals surface area (Å²) < 4.78 is 42.8. The molecule has 130 valence electrons. The van der Waals surface area contributed by atoms with Crippen molar-refractivity contribution in [3.63, 3.8) is 0 Å². The molecule has 3 aromatic rings. The van der Waals surface area contributed by atoms with Gasteiger partial charge in [-0.05, 0) is 18.2 Å². The van der Waals surface area contributed by atoms with Gasteiger partial charge in [0.1, 0.15) is 11.0 Å². The highest BCUT2D eigenvalue weighted by Crippen LogP contribution is 2.52. The van der Waals surface area contributed by atoms with Gasteiger partial charge in [0.05, 0.1) is 12.1 Å². The van der Waals surface area contributed by atoms with Crippen molar-refractivity contribution in [1.29, 1.82) is 0 Å². The second kappa shape index (κ2) is 5.67. The van der Waals surface area contributed by atoms with E-state index in [-0.39, 0.29) is 17.3 Å². The standard InChI is InChI=1S/C16H13ClF3N5/c17-12-5-6-13-22-23-14(25(13)24-12)7-21-15(8-16(19,20)9-15)10-3-1-2-4-11(10)18/h1-6,21H,7-9H2. The Balaban J connectivity index is 1.64. The van der Waals surface area contributed by atoms with E-state index in [2.05, 4.69) is 20.6 Å². The Morgan fingerprint density at radius 1 is 1.12 bits per heavy atom. The van der Waals surface area contributed by atoms with Crippen LogP contribution in [0.4, 0.5) is 13.2 Å². The van der Waals surface area contributed by atoms with E-state index in [0.717, 1.165) is 0 Å². The number of aromatic nitrogens is 4. The number of nitrogens with zero attached hydrogens (tertiary/aromatic N) is 4. The molecule has 0 atom stereocenters. The number of hydrogen-bond donors (Lipinski definition) is 1. The van der Waals surface area contributed by atoms with E-state index in [9.17, 15) is 13.2 Å². The van der Waals surface area contributed by atoms with Crippen LogP contribution in [-0.4, -0.2) is 25.7 Å². The Morgan fingerprint density at radius 2 is 1.88 bits per heavy atom. The molecule has 25 heavy (non-hydrogen) atoms. The summed E-state index contributed by atoms with van der Waals surface area (Å²) >= 11 is 5.87. The quantitative estimate of drug-likeness (QED) is 0.768. The molecule has 1 N–H and O–H groups in total. The maximum Gasteiger partial charge on any atom is 0.252 e. The molecule has 1 fully saturated rings. The van der Waals surface area contributed by atoms with Gasteiger partial charge in [0, 0.05) is 18.4 Å². The number of halogens is 4. The van der Waals surface area contributed by atoms with Gasteiger partial charge in [0.2, 0.25) is 0 Å². The molecule has 0 bridgehead atoms. The summed E-state index contributed by atoms with van der Waals surface area (Å²) in [6, 6.07) is 9.18. The van der Waals surface area contributed by atoms with Crippen molar-refractivity contribution in [2.45, 2.75) is 30.8 Å². The molecule has 0 unspecified atom stereocenters. The zero-order valence-corrected chi connectivity index (χ0v) is 13.6. The SMILES string of the molecule is Fc1ccccc1C1(NCc2nnc3ccc(Cl)nn23)CC(F)(F)C1. The molecule has 1 aliphatic carbocycles. The van der Waals surface area contributed by atoms with Crippen molar-refractivity contribution < 1.29 is 13.2 Å². The van der Waals surface area contributed by atoms with Crippen LogP contribution < -0.4 is 5.32 Å². The number of nitrogens with one attached hydrogen (secondary N) is 1. The highest BCUT2D eigenvalue weighted by atomic mass is 35.5. The van der Waals surface area contributed by atoms with Crippen molar-refractivity contribution in [2.75, 3.05) is 0 Å². The number of benzene rings is 1. The van der Waals surface area contributed by atoms with Gasteiger partial charge in [-0.3, -0.25) is 5.32 Å². The fourth-order valence-electron chi connectivity index (χ4n) is 3.26. The Kier molecular flexibility index (Phi) is 3.69. The smallest absolute Gasteiger partial charge is 0.252 e. The summed E-state index contributed by atoms with van der Waals surface area (Å²) in [6.45, 7) is 0.0962. The Hall–Kier alpha value is -2.19. The molecule has 4 rings (SSSR count). The lowest BCUT2D eigenvalue weighted by Gasteiger charge is -2.48. The van der Waals surface area contributed by atoms with E-state index in [1.807, 2.05) is 0 Å². The minimum atomic E-state index is -2.83. The van der Waals surface area contributed by atoms with Gasteiger partial charge in [-0.15, -0.1) is 10.2 Å². The van der Waals surface area contributed by atoms with Crippen LogP contribution in [0.25, 0.3) is 5.65 Å². The average Bonchev–Trinajstić information content (AvgIpc) is 2.93. The molecule has 0 saturated heterocycles. The Labute approximate surface area is 145 Å². The van der Waals surface area contributed by atoms with Crippen molar-refractivity contribution in [2.24, 2.45) is 0 Å². The molecule has 0 amide bonds. The van der Waals surface area contributed by atoms with Crippen molar-refractivity contribution in [3.05, 3.63) is 58.8 Å². The lowest BCUT2D eigenvalue weighted by atomic mass is 9.68. The zero-order valence-electron chi connectivity index (χ0n) is 12.9. The summed E-state index contributed by atoms with van der Waals surface area (Å²) in [5.74, 6) is -2.94. The van der Waals surface area contributed by atoms with Crippen LogP contribution >= 0.6 is 11.6 Å². The third-order valence-electron chi connectivity index (χ3n) is 4.39. The lowest BCUT2D eigenvalue weighted by molar-refractivity contribution is -0.139. The summed E-state index contributed by atoms with van der Waals surface area (Å²) in [6.07, 6.45) is -0.961. The average molecular weight is 368 g/mol. The third kappa shape index (κ3) is 2.85. The first-order chi connectivity index (χ1) is 11.9. The second-order valence-electron chi connectivity index (χ2n) is 6.17. The number of fused-ring (bicyclic) bond motifs is 1. The molecule has 0 aliphatic heterocycles. The van der Waals surface area contributed by atoms with Gasteiger partial charge in [0.25, 0.3) is 5.92 Å². The van der Waals surface area contributed by atoms with Gasteiger partial charge in [-0.2, -0.15) is 9.61 Å². The van der Waals surface area contributed by atoms with E-state index in [0.29, 0.717) is 11.5 Å². The van der Waals surface area contributed by atoms with Gasteiger partial charge in [-0.1, -0.05) is 29.8 Å². The molecule has 1 aliphatic rings. The summed E-state index contributed by atoms with van der Waals surface area (Å²) in [5, 5.41) is 15.3. The van der Waals surface area contributed by atoms with E-state index in [1.54, 1.807) is 18.2 Å². The van der Waals surface area contributed by atoms with E-state index in [1.165, 1.54) is 22.7 Å². The fourth-order valence-corrected chi connectivity index (χ4v) is 3.40. The van der Waals surface area contributed by atoms with Crippen LogP contribution in [0, 0.1) is 5.82 Å². The first-order valence-electron chi connectivity index (χ1n) is 7.63. The molecular weight excluding hydrogens is 355 g/mol. The largest absolute Gasteiger partial charge is 0.300 e. The van der Waals surface area contributed by atoms with Gasteiger partial charge < -0.3 is 0 Å². The minimum absolute atomic E-state index is 0.0962. The van der Waals surface area contributed by atoms with E-state index < -0.39 is 30.1 Å². The minimum Gasteiger partial charge on any atom is -0.300 e. The Bertz CT molecular complexity index is 934. The maximum absolute atomic E-state index is 14.2. The number of rotatable bonds is 4. The van der Waals surface area contributed by atoms with E-state index >= 15 is 0 Å². The molecule has 0 radical (unpaired) electrons. The summed E-state index contributed by atoms with van der Waals surface area (Å²) in [5.41, 5.74) is -0.444. The van der Waals surface area contributed by atoms with Crippen molar-refractivity contribution in [1.82, 2.24) is 25.1 Å². The van der Waals surface area contributed by atoms with Gasteiger partial charge in [0.15, 0.2) is 11.5 Å². The van der Waals surface area contributed by atoms with Crippen LogP contribution in [0.1, 0.15) is 24.2 Å². The summed E-state index contributed by atoms with van der Waals surface area (Å²) in [4.78, 5) is 0. The monoisotopic (exact) mass is 367 g/mol. The summed E-state index contributed by atoms with van der Waals surface area (Å²) in [7, 11) is 0. The lowest BCUT2D eigenvalue weighted by Crippen LogP contribution is -2.58. The highest BCUT2D eigenvalue weighted by Gasteiger charge is 2.58.